The molecule has 7 heteroatoms. The van der Waals surface area contributed by atoms with Crippen LogP contribution in [-0.4, -0.2) is 37.4 Å². The summed E-state index contributed by atoms with van der Waals surface area (Å²) in [5.41, 5.74) is 3.32. The highest BCUT2D eigenvalue weighted by molar-refractivity contribution is 8.00. The van der Waals surface area contributed by atoms with Gasteiger partial charge in [0.15, 0.2) is 0 Å². The lowest BCUT2D eigenvalue weighted by Crippen LogP contribution is -2.32. The van der Waals surface area contributed by atoms with Crippen molar-refractivity contribution in [3.05, 3.63) is 29.3 Å². The number of carbonyl (C=O) groups is 1. The van der Waals surface area contributed by atoms with Gasteiger partial charge in [0.1, 0.15) is 0 Å². The van der Waals surface area contributed by atoms with Gasteiger partial charge in [0.05, 0.1) is 10.9 Å². The zero-order chi connectivity index (χ0) is 15.7. The minimum atomic E-state index is -0.225. The van der Waals surface area contributed by atoms with E-state index in [4.69, 9.17) is 0 Å². The van der Waals surface area contributed by atoms with Crippen molar-refractivity contribution < 1.29 is 4.79 Å². The second kappa shape index (κ2) is 6.08. The SMILES string of the molecule is Cc1ccc(-n2nnnc2S[C@@H](C)C(=O)NC2CC2)cc1C. The van der Waals surface area contributed by atoms with Crippen molar-refractivity contribution in [2.45, 2.75) is 50.1 Å². The van der Waals surface area contributed by atoms with Crippen LogP contribution in [0.1, 0.15) is 30.9 Å². The lowest BCUT2D eigenvalue weighted by Gasteiger charge is -2.11. The molecule has 2 aromatic rings. The fourth-order valence-corrected chi connectivity index (χ4v) is 2.85. The van der Waals surface area contributed by atoms with E-state index in [9.17, 15) is 4.79 Å². The van der Waals surface area contributed by atoms with Gasteiger partial charge in [-0.3, -0.25) is 4.79 Å². The third-order valence-electron chi connectivity index (χ3n) is 3.75. The maximum Gasteiger partial charge on any atom is 0.233 e. The number of aryl methyl sites for hydroxylation is 2. The zero-order valence-corrected chi connectivity index (χ0v) is 13.7. The van der Waals surface area contributed by atoms with Gasteiger partial charge < -0.3 is 5.32 Å². The number of aromatic nitrogens is 4. The first kappa shape index (κ1) is 15.0. The first-order chi connectivity index (χ1) is 10.5. The Morgan fingerprint density at radius 2 is 2.14 bits per heavy atom. The fraction of sp³-hybridized carbons (Fsp3) is 0.467. The van der Waals surface area contributed by atoms with Crippen molar-refractivity contribution in [2.24, 2.45) is 0 Å². The summed E-state index contributed by atoms with van der Waals surface area (Å²) >= 11 is 1.37. The average molecular weight is 317 g/mol. The summed E-state index contributed by atoms with van der Waals surface area (Å²) in [6, 6.07) is 6.44. The number of hydrogen-bond donors (Lipinski definition) is 1. The van der Waals surface area contributed by atoms with Gasteiger partial charge in [-0.05, 0) is 67.3 Å². The molecule has 0 radical (unpaired) electrons. The lowest BCUT2D eigenvalue weighted by atomic mass is 10.1. The molecular formula is C15H19N5OS. The van der Waals surface area contributed by atoms with Gasteiger partial charge in [-0.15, -0.1) is 5.10 Å². The fourth-order valence-electron chi connectivity index (χ4n) is 2.03. The highest BCUT2D eigenvalue weighted by Crippen LogP contribution is 2.25. The van der Waals surface area contributed by atoms with E-state index in [1.165, 1.54) is 22.9 Å². The Hall–Kier alpha value is -1.89. The van der Waals surface area contributed by atoms with E-state index in [-0.39, 0.29) is 11.2 Å². The van der Waals surface area contributed by atoms with E-state index in [0.29, 0.717) is 11.2 Å². The molecule has 1 aliphatic rings. The molecule has 0 saturated heterocycles. The highest BCUT2D eigenvalue weighted by Gasteiger charge is 2.27. The van der Waals surface area contributed by atoms with Gasteiger partial charge in [0.25, 0.3) is 0 Å². The van der Waals surface area contributed by atoms with E-state index >= 15 is 0 Å². The number of nitrogens with zero attached hydrogens (tertiary/aromatic N) is 4. The summed E-state index contributed by atoms with van der Waals surface area (Å²) in [7, 11) is 0. The third kappa shape index (κ3) is 3.30. The number of nitrogens with one attached hydrogen (secondary N) is 1. The number of amides is 1. The van der Waals surface area contributed by atoms with Crippen molar-refractivity contribution in [3.63, 3.8) is 0 Å². The van der Waals surface area contributed by atoms with Crippen LogP contribution in [0.25, 0.3) is 5.69 Å². The van der Waals surface area contributed by atoms with Crippen LogP contribution < -0.4 is 5.32 Å². The molecule has 1 N–H and O–H groups in total. The summed E-state index contributed by atoms with van der Waals surface area (Å²) < 4.78 is 1.68. The van der Waals surface area contributed by atoms with Crippen LogP contribution in [0.2, 0.25) is 0 Å². The Kier molecular flexibility index (Phi) is 4.15. The molecule has 0 spiro atoms. The standard InChI is InChI=1S/C15H19N5OS/c1-9-4-7-13(8-10(9)2)20-15(17-18-19-20)22-11(3)14(21)16-12-5-6-12/h4,7-8,11-12H,5-6H2,1-3H3,(H,16,21)/t11-/m0/s1. The minimum Gasteiger partial charge on any atom is -0.352 e. The van der Waals surface area contributed by atoms with Crippen LogP contribution in [0, 0.1) is 13.8 Å². The summed E-state index contributed by atoms with van der Waals surface area (Å²) in [6.07, 6.45) is 2.17. The van der Waals surface area contributed by atoms with E-state index in [1.807, 2.05) is 25.1 Å². The summed E-state index contributed by atoms with van der Waals surface area (Å²) in [6.45, 7) is 6.00. The van der Waals surface area contributed by atoms with E-state index < -0.39 is 0 Å². The molecule has 1 saturated carbocycles. The molecule has 1 atom stereocenters. The second-order valence-corrected chi connectivity index (χ2v) is 6.99. The normalized spacial score (nSPS) is 15.6. The topological polar surface area (TPSA) is 72.7 Å². The largest absolute Gasteiger partial charge is 0.352 e. The van der Waals surface area contributed by atoms with Crippen LogP contribution in [0.15, 0.2) is 23.4 Å². The summed E-state index contributed by atoms with van der Waals surface area (Å²) in [4.78, 5) is 12.1. The zero-order valence-electron chi connectivity index (χ0n) is 12.9. The van der Waals surface area contributed by atoms with Crippen molar-refractivity contribution in [3.8, 4) is 5.69 Å². The van der Waals surface area contributed by atoms with Gasteiger partial charge in [0.2, 0.25) is 11.1 Å². The van der Waals surface area contributed by atoms with Crippen molar-refractivity contribution in [2.75, 3.05) is 0 Å². The maximum absolute atomic E-state index is 12.1. The molecular weight excluding hydrogens is 298 g/mol. The second-order valence-electron chi connectivity index (χ2n) is 5.68. The molecule has 1 aromatic heterocycles. The first-order valence-corrected chi connectivity index (χ1v) is 8.25. The van der Waals surface area contributed by atoms with E-state index in [1.54, 1.807) is 4.68 Å². The Labute approximate surface area is 133 Å². The Balaban J connectivity index is 1.76. The molecule has 1 heterocycles. The summed E-state index contributed by atoms with van der Waals surface area (Å²) in [5, 5.41) is 15.2. The summed E-state index contributed by atoms with van der Waals surface area (Å²) in [5.74, 6) is 0.0436. The molecule has 1 aromatic carbocycles. The molecule has 116 valence electrons. The molecule has 1 fully saturated rings. The molecule has 3 rings (SSSR count). The third-order valence-corrected chi connectivity index (χ3v) is 4.78. The number of hydrogen-bond acceptors (Lipinski definition) is 5. The molecule has 6 nitrogen and oxygen atoms in total. The predicted octanol–water partition coefficient (Wildman–Crippen LogP) is 2.04. The molecule has 1 aliphatic carbocycles. The number of thioether (sulfide) groups is 1. The van der Waals surface area contributed by atoms with Crippen molar-refractivity contribution in [1.29, 1.82) is 0 Å². The first-order valence-electron chi connectivity index (χ1n) is 7.37. The molecule has 0 unspecified atom stereocenters. The van der Waals surface area contributed by atoms with Gasteiger partial charge in [-0.1, -0.05) is 17.8 Å². The van der Waals surface area contributed by atoms with Crippen molar-refractivity contribution in [1.82, 2.24) is 25.5 Å². The molecule has 1 amide bonds. The highest BCUT2D eigenvalue weighted by atomic mass is 32.2. The number of tetrazole rings is 1. The van der Waals surface area contributed by atoms with E-state index in [0.717, 1.165) is 18.5 Å². The van der Waals surface area contributed by atoms with Crippen LogP contribution in [0.3, 0.4) is 0 Å². The Morgan fingerprint density at radius 3 is 2.82 bits per heavy atom. The molecule has 0 aliphatic heterocycles. The van der Waals surface area contributed by atoms with Crippen LogP contribution >= 0.6 is 11.8 Å². The van der Waals surface area contributed by atoms with Crippen LogP contribution in [0.5, 0.6) is 0 Å². The Morgan fingerprint density at radius 1 is 1.36 bits per heavy atom. The van der Waals surface area contributed by atoms with Gasteiger partial charge in [0, 0.05) is 6.04 Å². The smallest absolute Gasteiger partial charge is 0.233 e. The number of carbonyl (C=O) groups excluding carboxylic acids is 1. The van der Waals surface area contributed by atoms with Gasteiger partial charge >= 0.3 is 0 Å². The maximum atomic E-state index is 12.1. The molecule has 0 bridgehead atoms. The predicted molar refractivity (Wildman–Crippen MR) is 85.1 cm³/mol. The molecule has 22 heavy (non-hydrogen) atoms. The number of rotatable bonds is 5. The average Bonchev–Trinajstić information content (AvgIpc) is 3.18. The van der Waals surface area contributed by atoms with Gasteiger partial charge in [-0.2, -0.15) is 4.68 Å². The van der Waals surface area contributed by atoms with Crippen molar-refractivity contribution >= 4 is 17.7 Å². The minimum absolute atomic E-state index is 0.0436. The quantitative estimate of drug-likeness (QED) is 0.854. The van der Waals surface area contributed by atoms with Crippen LogP contribution in [-0.2, 0) is 4.79 Å². The Bertz CT molecular complexity index is 695. The lowest BCUT2D eigenvalue weighted by molar-refractivity contribution is -0.120. The number of benzene rings is 1. The van der Waals surface area contributed by atoms with Gasteiger partial charge in [-0.25, -0.2) is 0 Å². The van der Waals surface area contributed by atoms with Crippen LogP contribution in [0.4, 0.5) is 0 Å². The van der Waals surface area contributed by atoms with E-state index in [2.05, 4.69) is 34.7 Å². The monoisotopic (exact) mass is 317 g/mol.